The van der Waals surface area contributed by atoms with Gasteiger partial charge in [0, 0.05) is 17.5 Å². The summed E-state index contributed by atoms with van der Waals surface area (Å²) in [5.74, 6) is -2.75. The number of ketones is 1. The smallest absolute Gasteiger partial charge is 0.269 e. The number of aromatic nitrogens is 3. The van der Waals surface area contributed by atoms with E-state index in [4.69, 9.17) is 0 Å². The monoisotopic (exact) mass is 293 g/mol. The molecule has 108 valence electrons. The lowest BCUT2D eigenvalue weighted by molar-refractivity contribution is 0.0420. The van der Waals surface area contributed by atoms with Crippen LogP contribution in [0.4, 0.5) is 4.39 Å². The molecule has 0 N–H and O–H groups in total. The largest absolute Gasteiger partial charge is 0.288 e. The summed E-state index contributed by atoms with van der Waals surface area (Å²) in [4.78, 5) is 12.4. The van der Waals surface area contributed by atoms with E-state index in [1.54, 1.807) is 24.3 Å². The van der Waals surface area contributed by atoms with E-state index in [-0.39, 0.29) is 6.42 Å². The van der Waals surface area contributed by atoms with Crippen molar-refractivity contribution in [2.75, 3.05) is 0 Å². The molecule has 1 atom stereocenters. The molecule has 0 radical (unpaired) electrons. The van der Waals surface area contributed by atoms with Crippen molar-refractivity contribution in [2.24, 2.45) is 0 Å². The predicted molar refractivity (Wildman–Crippen MR) is 79.0 cm³/mol. The van der Waals surface area contributed by atoms with Gasteiger partial charge in [0.25, 0.3) is 5.79 Å². The number of hydrogen-bond donors (Lipinski definition) is 0. The minimum absolute atomic E-state index is 0.0143. The summed E-state index contributed by atoms with van der Waals surface area (Å²) in [5.41, 5.74) is 2.50. The van der Waals surface area contributed by atoms with Gasteiger partial charge in [0.1, 0.15) is 5.69 Å². The van der Waals surface area contributed by atoms with Crippen LogP contribution in [0.15, 0.2) is 60.8 Å². The molecule has 1 aromatic heterocycles. The molecule has 4 rings (SSSR count). The van der Waals surface area contributed by atoms with Crippen molar-refractivity contribution in [3.8, 4) is 11.3 Å². The minimum Gasteiger partial charge on any atom is -0.288 e. The van der Waals surface area contributed by atoms with Crippen molar-refractivity contribution in [1.29, 1.82) is 0 Å². The molecule has 3 aromatic rings. The van der Waals surface area contributed by atoms with Gasteiger partial charge in [-0.3, -0.25) is 4.79 Å². The molecule has 1 aliphatic rings. The first-order chi connectivity index (χ1) is 10.7. The molecular formula is C17H12FN3O. The van der Waals surface area contributed by atoms with Crippen molar-refractivity contribution < 1.29 is 9.18 Å². The summed E-state index contributed by atoms with van der Waals surface area (Å²) in [6.45, 7) is 0. The number of alkyl halides is 1. The first-order valence-corrected chi connectivity index (χ1v) is 6.98. The summed E-state index contributed by atoms with van der Waals surface area (Å²) in [6.07, 6.45) is 1.47. The van der Waals surface area contributed by atoms with E-state index in [1.807, 2.05) is 30.3 Å². The Hall–Kier alpha value is -2.82. The van der Waals surface area contributed by atoms with E-state index in [0.29, 0.717) is 16.8 Å². The topological polar surface area (TPSA) is 47.8 Å². The van der Waals surface area contributed by atoms with E-state index in [0.717, 1.165) is 10.2 Å². The van der Waals surface area contributed by atoms with Crippen LogP contribution in [-0.2, 0) is 12.2 Å². The number of nitrogens with zero attached hydrogens (tertiary/aromatic N) is 3. The summed E-state index contributed by atoms with van der Waals surface area (Å²) in [6, 6.07) is 16.3. The SMILES string of the molecule is O=C1c2ccccc2CC1(F)n1cc(-c2ccccc2)nn1. The number of Topliss-reactive ketones (excluding diaryl/α,β-unsaturated/α-hetero) is 1. The molecule has 2 aromatic carbocycles. The van der Waals surface area contributed by atoms with E-state index in [9.17, 15) is 4.79 Å². The van der Waals surface area contributed by atoms with Gasteiger partial charge >= 0.3 is 0 Å². The second-order valence-corrected chi connectivity index (χ2v) is 5.34. The van der Waals surface area contributed by atoms with Gasteiger partial charge in [-0.2, -0.15) is 0 Å². The molecule has 0 amide bonds. The quantitative estimate of drug-likeness (QED) is 0.729. The van der Waals surface area contributed by atoms with Crippen LogP contribution in [0.1, 0.15) is 15.9 Å². The fourth-order valence-corrected chi connectivity index (χ4v) is 2.80. The minimum atomic E-state index is -2.19. The van der Waals surface area contributed by atoms with Crippen molar-refractivity contribution in [3.05, 3.63) is 71.9 Å². The maximum absolute atomic E-state index is 15.3. The van der Waals surface area contributed by atoms with Crippen molar-refractivity contribution in [1.82, 2.24) is 15.0 Å². The van der Waals surface area contributed by atoms with Gasteiger partial charge in [0.05, 0.1) is 6.20 Å². The fraction of sp³-hybridized carbons (Fsp3) is 0.118. The predicted octanol–water partition coefficient (Wildman–Crippen LogP) is 3.01. The van der Waals surface area contributed by atoms with Crippen LogP contribution in [0.2, 0.25) is 0 Å². The van der Waals surface area contributed by atoms with Gasteiger partial charge in [0.15, 0.2) is 0 Å². The van der Waals surface area contributed by atoms with Crippen LogP contribution < -0.4 is 0 Å². The molecule has 0 aliphatic heterocycles. The van der Waals surface area contributed by atoms with E-state index >= 15 is 4.39 Å². The van der Waals surface area contributed by atoms with Gasteiger partial charge in [-0.25, -0.2) is 9.07 Å². The van der Waals surface area contributed by atoms with Crippen LogP contribution in [0.5, 0.6) is 0 Å². The molecule has 1 unspecified atom stereocenters. The second-order valence-electron chi connectivity index (χ2n) is 5.34. The highest BCUT2D eigenvalue weighted by Crippen LogP contribution is 2.36. The van der Waals surface area contributed by atoms with Crippen molar-refractivity contribution in [2.45, 2.75) is 12.2 Å². The number of carbonyl (C=O) groups is 1. The zero-order valence-corrected chi connectivity index (χ0v) is 11.6. The van der Waals surface area contributed by atoms with Gasteiger partial charge < -0.3 is 0 Å². The summed E-state index contributed by atoms with van der Waals surface area (Å²) in [5, 5.41) is 7.84. The normalized spacial score (nSPS) is 20.1. The van der Waals surface area contributed by atoms with Crippen molar-refractivity contribution >= 4 is 5.78 Å². The second kappa shape index (κ2) is 4.59. The molecule has 1 aliphatic carbocycles. The fourth-order valence-electron chi connectivity index (χ4n) is 2.80. The van der Waals surface area contributed by atoms with E-state index < -0.39 is 11.6 Å². The first-order valence-electron chi connectivity index (χ1n) is 6.98. The molecular weight excluding hydrogens is 281 g/mol. The Balaban J connectivity index is 1.75. The molecule has 0 bridgehead atoms. The average molecular weight is 293 g/mol. The summed E-state index contributed by atoms with van der Waals surface area (Å²) >= 11 is 0. The van der Waals surface area contributed by atoms with Crippen molar-refractivity contribution in [3.63, 3.8) is 0 Å². The molecule has 0 spiro atoms. The highest BCUT2D eigenvalue weighted by molar-refractivity contribution is 6.05. The zero-order valence-electron chi connectivity index (χ0n) is 11.6. The number of fused-ring (bicyclic) bond motifs is 1. The standard InChI is InChI=1S/C17H12FN3O/c18-17(10-13-8-4-5-9-14(13)16(17)22)21-11-15(19-20-21)12-6-2-1-3-7-12/h1-9,11H,10H2. The Kier molecular flexibility index (Phi) is 2.69. The molecule has 0 saturated carbocycles. The third kappa shape index (κ3) is 1.79. The highest BCUT2D eigenvalue weighted by Gasteiger charge is 2.48. The number of rotatable bonds is 2. The van der Waals surface area contributed by atoms with Gasteiger partial charge in [0.2, 0.25) is 5.78 Å². The molecule has 5 heteroatoms. The zero-order chi connectivity index (χ0) is 15.2. The molecule has 4 nitrogen and oxygen atoms in total. The number of halogens is 1. The Labute approximate surface area is 126 Å². The average Bonchev–Trinajstić information content (AvgIpc) is 3.14. The van der Waals surface area contributed by atoms with Gasteiger partial charge in [-0.05, 0) is 5.56 Å². The Morgan fingerprint density at radius 2 is 1.77 bits per heavy atom. The molecule has 0 saturated heterocycles. The van der Waals surface area contributed by atoms with E-state index in [2.05, 4.69) is 10.3 Å². The lowest BCUT2D eigenvalue weighted by Crippen LogP contribution is -2.35. The summed E-state index contributed by atoms with van der Waals surface area (Å²) in [7, 11) is 0. The third-order valence-corrected chi connectivity index (χ3v) is 3.96. The Morgan fingerprint density at radius 1 is 1.05 bits per heavy atom. The Bertz CT molecular complexity index is 859. The number of carbonyl (C=O) groups excluding carboxylic acids is 1. The molecule has 0 fully saturated rings. The lowest BCUT2D eigenvalue weighted by Gasteiger charge is -2.16. The maximum Gasteiger partial charge on any atom is 0.269 e. The Morgan fingerprint density at radius 3 is 2.55 bits per heavy atom. The molecule has 1 heterocycles. The van der Waals surface area contributed by atoms with E-state index in [1.165, 1.54) is 6.20 Å². The molecule has 22 heavy (non-hydrogen) atoms. The third-order valence-electron chi connectivity index (χ3n) is 3.96. The first kappa shape index (κ1) is 12.9. The maximum atomic E-state index is 15.3. The lowest BCUT2D eigenvalue weighted by atomic mass is 10.1. The van der Waals surface area contributed by atoms with Crippen LogP contribution in [0, 0.1) is 0 Å². The van der Waals surface area contributed by atoms with Gasteiger partial charge in [-0.1, -0.05) is 59.8 Å². The highest BCUT2D eigenvalue weighted by atomic mass is 19.1. The number of hydrogen-bond acceptors (Lipinski definition) is 3. The number of benzene rings is 2. The summed E-state index contributed by atoms with van der Waals surface area (Å²) < 4.78 is 16.3. The van der Waals surface area contributed by atoms with Crippen LogP contribution >= 0.6 is 0 Å². The van der Waals surface area contributed by atoms with Crippen LogP contribution in [0.25, 0.3) is 11.3 Å². The van der Waals surface area contributed by atoms with Crippen LogP contribution in [0.3, 0.4) is 0 Å². The van der Waals surface area contributed by atoms with Crippen LogP contribution in [-0.4, -0.2) is 20.8 Å². The van der Waals surface area contributed by atoms with Gasteiger partial charge in [-0.15, -0.1) is 5.10 Å².